The van der Waals surface area contributed by atoms with Crippen LogP contribution in [0.2, 0.25) is 0 Å². The molecule has 0 aromatic rings. The van der Waals surface area contributed by atoms with Crippen LogP contribution in [0.5, 0.6) is 0 Å². The molecule has 0 aliphatic carbocycles. The maximum Gasteiger partial charge on any atom is 0.306 e. The van der Waals surface area contributed by atoms with Gasteiger partial charge in [-0.3, -0.25) is 4.79 Å². The second kappa shape index (κ2) is 6.79. The lowest BCUT2D eigenvalue weighted by molar-refractivity contribution is -0.140. The van der Waals surface area contributed by atoms with Crippen molar-refractivity contribution >= 4 is 5.97 Å². The van der Waals surface area contributed by atoms with E-state index in [0.29, 0.717) is 6.42 Å². The molecular weight excluding hydrogens is 180 g/mol. The first kappa shape index (κ1) is 11.5. The summed E-state index contributed by atoms with van der Waals surface area (Å²) in [4.78, 5) is 10.8. The first-order valence-corrected chi connectivity index (χ1v) is 5.31. The molecule has 1 fully saturated rings. The second-order valence-electron chi connectivity index (χ2n) is 3.74. The average molecular weight is 200 g/mol. The number of hydrogen-bond donors (Lipinski definition) is 2. The molecule has 1 aliphatic rings. The number of carbonyl (C=O) groups excluding carboxylic acids is 1. The van der Waals surface area contributed by atoms with Crippen molar-refractivity contribution in [3.05, 3.63) is 0 Å². The summed E-state index contributed by atoms with van der Waals surface area (Å²) in [5.74, 6) is 0.584. The third kappa shape index (κ3) is 4.58. The molecule has 1 saturated heterocycles. The summed E-state index contributed by atoms with van der Waals surface area (Å²) in [6.07, 6.45) is 3.03. The Kier molecular flexibility index (Phi) is 5.56. The molecule has 4 nitrogen and oxygen atoms in total. The Labute approximate surface area is 85.4 Å². The second-order valence-corrected chi connectivity index (χ2v) is 3.74. The van der Waals surface area contributed by atoms with Crippen LogP contribution >= 0.6 is 0 Å². The van der Waals surface area contributed by atoms with E-state index in [-0.39, 0.29) is 5.97 Å². The third-order valence-electron chi connectivity index (χ3n) is 2.57. The SMILES string of the molecule is COC(=O)CCNCC1CCCNC1. The molecular formula is C10H20N2O2. The van der Waals surface area contributed by atoms with Gasteiger partial charge >= 0.3 is 5.97 Å². The Morgan fingerprint density at radius 1 is 1.64 bits per heavy atom. The smallest absolute Gasteiger partial charge is 0.306 e. The number of ether oxygens (including phenoxy) is 1. The fourth-order valence-corrected chi connectivity index (χ4v) is 1.70. The summed E-state index contributed by atoms with van der Waals surface area (Å²) in [6.45, 7) is 3.98. The molecule has 0 amide bonds. The molecule has 1 unspecified atom stereocenters. The molecule has 1 atom stereocenters. The number of methoxy groups -OCH3 is 1. The zero-order chi connectivity index (χ0) is 10.2. The average Bonchev–Trinajstić information content (AvgIpc) is 2.25. The number of esters is 1. The molecule has 0 saturated carbocycles. The van der Waals surface area contributed by atoms with Gasteiger partial charge in [-0.25, -0.2) is 0 Å². The van der Waals surface area contributed by atoms with Crippen LogP contribution in [0, 0.1) is 5.92 Å². The molecule has 1 aliphatic heterocycles. The minimum atomic E-state index is -0.140. The largest absolute Gasteiger partial charge is 0.469 e. The highest BCUT2D eigenvalue weighted by Gasteiger charge is 2.11. The van der Waals surface area contributed by atoms with Crippen LogP contribution in [-0.2, 0) is 9.53 Å². The highest BCUT2D eigenvalue weighted by molar-refractivity contribution is 5.69. The molecule has 0 bridgehead atoms. The van der Waals surface area contributed by atoms with Gasteiger partial charge in [-0.15, -0.1) is 0 Å². The Morgan fingerprint density at radius 3 is 3.14 bits per heavy atom. The van der Waals surface area contributed by atoms with Crippen LogP contribution in [0.3, 0.4) is 0 Å². The Hall–Kier alpha value is -0.610. The number of rotatable bonds is 5. The number of carbonyl (C=O) groups is 1. The van der Waals surface area contributed by atoms with E-state index >= 15 is 0 Å². The quantitative estimate of drug-likeness (QED) is 0.489. The highest BCUT2D eigenvalue weighted by atomic mass is 16.5. The maximum atomic E-state index is 10.8. The van der Waals surface area contributed by atoms with E-state index in [9.17, 15) is 4.79 Å². The predicted molar refractivity (Wildman–Crippen MR) is 55.1 cm³/mol. The highest BCUT2D eigenvalue weighted by Crippen LogP contribution is 2.07. The van der Waals surface area contributed by atoms with Crippen molar-refractivity contribution in [2.24, 2.45) is 5.92 Å². The molecule has 2 N–H and O–H groups in total. The van der Waals surface area contributed by atoms with Crippen molar-refractivity contribution in [1.29, 1.82) is 0 Å². The van der Waals surface area contributed by atoms with Crippen LogP contribution in [0.15, 0.2) is 0 Å². The Balaban J connectivity index is 1.94. The molecule has 1 heterocycles. The van der Waals surface area contributed by atoms with Gasteiger partial charge in [0.2, 0.25) is 0 Å². The van der Waals surface area contributed by atoms with E-state index in [4.69, 9.17) is 0 Å². The third-order valence-corrected chi connectivity index (χ3v) is 2.57. The molecule has 0 radical (unpaired) electrons. The first-order valence-electron chi connectivity index (χ1n) is 5.31. The monoisotopic (exact) mass is 200 g/mol. The summed E-state index contributed by atoms with van der Waals surface area (Å²) in [6, 6.07) is 0. The molecule has 82 valence electrons. The fourth-order valence-electron chi connectivity index (χ4n) is 1.70. The lowest BCUT2D eigenvalue weighted by Gasteiger charge is -2.22. The molecule has 0 spiro atoms. The zero-order valence-corrected chi connectivity index (χ0v) is 8.84. The minimum absolute atomic E-state index is 0.140. The van der Waals surface area contributed by atoms with E-state index in [1.807, 2.05) is 0 Å². The number of piperidine rings is 1. The minimum Gasteiger partial charge on any atom is -0.469 e. The number of hydrogen-bond acceptors (Lipinski definition) is 4. The van der Waals surface area contributed by atoms with Crippen molar-refractivity contribution in [3.63, 3.8) is 0 Å². The standard InChI is InChI=1S/C10H20N2O2/c1-14-10(13)4-6-12-8-9-3-2-5-11-7-9/h9,11-12H,2-8H2,1H3. The molecule has 14 heavy (non-hydrogen) atoms. The molecule has 0 aromatic heterocycles. The molecule has 1 rings (SSSR count). The van der Waals surface area contributed by atoms with E-state index in [0.717, 1.165) is 32.1 Å². The lowest BCUT2D eigenvalue weighted by Crippen LogP contribution is -2.36. The topological polar surface area (TPSA) is 50.4 Å². The summed E-state index contributed by atoms with van der Waals surface area (Å²) in [7, 11) is 1.42. The van der Waals surface area contributed by atoms with Gasteiger partial charge in [-0.05, 0) is 38.4 Å². The van der Waals surface area contributed by atoms with Crippen molar-refractivity contribution < 1.29 is 9.53 Å². The van der Waals surface area contributed by atoms with Crippen LogP contribution in [0.1, 0.15) is 19.3 Å². The van der Waals surface area contributed by atoms with E-state index in [2.05, 4.69) is 15.4 Å². The van der Waals surface area contributed by atoms with Gasteiger partial charge in [-0.2, -0.15) is 0 Å². The van der Waals surface area contributed by atoms with Gasteiger partial charge in [0.25, 0.3) is 0 Å². The van der Waals surface area contributed by atoms with Gasteiger partial charge in [-0.1, -0.05) is 0 Å². The predicted octanol–water partition coefficient (Wildman–Crippen LogP) is 0.139. The zero-order valence-electron chi connectivity index (χ0n) is 8.84. The maximum absolute atomic E-state index is 10.8. The van der Waals surface area contributed by atoms with Gasteiger partial charge in [0.15, 0.2) is 0 Å². The summed E-state index contributed by atoms with van der Waals surface area (Å²) in [5, 5.41) is 6.64. The van der Waals surface area contributed by atoms with Crippen LogP contribution in [0.4, 0.5) is 0 Å². The van der Waals surface area contributed by atoms with Gasteiger partial charge in [0.05, 0.1) is 13.5 Å². The van der Waals surface area contributed by atoms with Crippen molar-refractivity contribution in [3.8, 4) is 0 Å². The van der Waals surface area contributed by atoms with Gasteiger partial charge in [0, 0.05) is 6.54 Å². The summed E-state index contributed by atoms with van der Waals surface area (Å²) < 4.78 is 4.55. The normalized spacial score (nSPS) is 21.9. The van der Waals surface area contributed by atoms with Crippen LogP contribution < -0.4 is 10.6 Å². The molecule has 0 aromatic carbocycles. The number of nitrogens with one attached hydrogen (secondary N) is 2. The van der Waals surface area contributed by atoms with Crippen molar-refractivity contribution in [1.82, 2.24) is 10.6 Å². The van der Waals surface area contributed by atoms with Crippen LogP contribution in [0.25, 0.3) is 0 Å². The van der Waals surface area contributed by atoms with Crippen LogP contribution in [-0.4, -0.2) is 39.3 Å². The fraction of sp³-hybridized carbons (Fsp3) is 0.900. The van der Waals surface area contributed by atoms with Gasteiger partial charge in [0.1, 0.15) is 0 Å². The summed E-state index contributed by atoms with van der Waals surface area (Å²) >= 11 is 0. The van der Waals surface area contributed by atoms with Gasteiger partial charge < -0.3 is 15.4 Å². The first-order chi connectivity index (χ1) is 6.83. The van der Waals surface area contributed by atoms with Crippen molar-refractivity contribution in [2.75, 3.05) is 33.3 Å². The lowest BCUT2D eigenvalue weighted by atomic mass is 10.00. The Bertz CT molecular complexity index is 168. The van der Waals surface area contributed by atoms with E-state index < -0.39 is 0 Å². The van der Waals surface area contributed by atoms with E-state index in [1.54, 1.807) is 0 Å². The van der Waals surface area contributed by atoms with Crippen molar-refractivity contribution in [2.45, 2.75) is 19.3 Å². The van der Waals surface area contributed by atoms with E-state index in [1.165, 1.54) is 20.0 Å². The molecule has 4 heteroatoms. The Morgan fingerprint density at radius 2 is 2.50 bits per heavy atom. The summed E-state index contributed by atoms with van der Waals surface area (Å²) in [5.41, 5.74) is 0.